The molecule has 118 valence electrons. The lowest BCUT2D eigenvalue weighted by molar-refractivity contribution is -0.115. The lowest BCUT2D eigenvalue weighted by atomic mass is 10.1. The highest BCUT2D eigenvalue weighted by molar-refractivity contribution is 7.99. The van der Waals surface area contributed by atoms with Crippen molar-refractivity contribution in [2.24, 2.45) is 12.8 Å². The van der Waals surface area contributed by atoms with Crippen LogP contribution in [0.25, 0.3) is 0 Å². The fourth-order valence-corrected chi connectivity index (χ4v) is 2.86. The van der Waals surface area contributed by atoms with E-state index in [0.717, 1.165) is 16.9 Å². The Labute approximate surface area is 134 Å². The van der Waals surface area contributed by atoms with E-state index in [9.17, 15) is 4.79 Å². The molecule has 1 heterocycles. The minimum Gasteiger partial charge on any atom is -0.483 e. The molecule has 2 rings (SSSR count). The van der Waals surface area contributed by atoms with Crippen molar-refractivity contribution in [3.05, 3.63) is 35.2 Å². The minimum atomic E-state index is -0.380. The second-order valence-corrected chi connectivity index (χ2v) is 6.18. The summed E-state index contributed by atoms with van der Waals surface area (Å²) < 4.78 is 7.78. The molecular weight excluding hydrogens is 300 g/mol. The van der Waals surface area contributed by atoms with Gasteiger partial charge in [0.25, 0.3) is 0 Å². The fraction of sp³-hybridized carbons (Fsp3) is 0.400. The van der Waals surface area contributed by atoms with Crippen molar-refractivity contribution in [2.75, 3.05) is 5.75 Å². The van der Waals surface area contributed by atoms with Crippen molar-refractivity contribution < 1.29 is 9.53 Å². The van der Waals surface area contributed by atoms with Gasteiger partial charge >= 0.3 is 0 Å². The van der Waals surface area contributed by atoms with Crippen molar-refractivity contribution in [1.82, 2.24) is 14.8 Å². The van der Waals surface area contributed by atoms with Crippen molar-refractivity contribution in [1.29, 1.82) is 0 Å². The molecule has 2 N–H and O–H groups in total. The number of ether oxygens (including phenoxy) is 1. The van der Waals surface area contributed by atoms with E-state index < -0.39 is 0 Å². The Morgan fingerprint density at radius 1 is 1.32 bits per heavy atom. The summed E-state index contributed by atoms with van der Waals surface area (Å²) >= 11 is 1.26. The van der Waals surface area contributed by atoms with Crippen LogP contribution >= 0.6 is 11.8 Å². The zero-order valence-electron chi connectivity index (χ0n) is 13.2. The Hall–Kier alpha value is -2.02. The first kappa shape index (κ1) is 16.4. The van der Waals surface area contributed by atoms with Crippen LogP contribution < -0.4 is 10.5 Å². The molecule has 1 aromatic carbocycles. The van der Waals surface area contributed by atoms with Crippen LogP contribution in [0.1, 0.15) is 30.0 Å². The zero-order chi connectivity index (χ0) is 16.3. The van der Waals surface area contributed by atoms with Gasteiger partial charge in [0.15, 0.2) is 17.1 Å². The van der Waals surface area contributed by atoms with Crippen LogP contribution in [0.4, 0.5) is 0 Å². The Bertz CT molecular complexity index is 664. The number of nitrogens with zero attached hydrogens (tertiary/aromatic N) is 3. The van der Waals surface area contributed by atoms with Crippen LogP contribution in [0.2, 0.25) is 0 Å². The number of aromatic nitrogens is 3. The minimum absolute atomic E-state index is 0.179. The molecule has 0 aliphatic heterocycles. The maximum Gasteiger partial charge on any atom is 0.227 e. The molecule has 6 nitrogen and oxygen atoms in total. The van der Waals surface area contributed by atoms with Gasteiger partial charge < -0.3 is 15.0 Å². The van der Waals surface area contributed by atoms with Crippen molar-refractivity contribution in [2.45, 2.75) is 32.0 Å². The van der Waals surface area contributed by atoms with E-state index >= 15 is 0 Å². The molecule has 0 radical (unpaired) electrons. The Morgan fingerprint density at radius 3 is 2.55 bits per heavy atom. The molecule has 2 aromatic rings. The number of carbonyl (C=O) groups is 1. The van der Waals surface area contributed by atoms with Gasteiger partial charge in [-0.2, -0.15) is 0 Å². The number of amides is 1. The largest absolute Gasteiger partial charge is 0.483 e. The summed E-state index contributed by atoms with van der Waals surface area (Å²) in [6, 6.07) is 6.07. The molecule has 7 heteroatoms. The van der Waals surface area contributed by atoms with Crippen LogP contribution in [-0.2, 0) is 11.8 Å². The Morgan fingerprint density at radius 2 is 1.95 bits per heavy atom. The van der Waals surface area contributed by atoms with Crippen molar-refractivity contribution in [3.63, 3.8) is 0 Å². The van der Waals surface area contributed by atoms with Crippen LogP contribution in [-0.4, -0.2) is 26.4 Å². The van der Waals surface area contributed by atoms with Gasteiger partial charge in [0.05, 0.1) is 5.75 Å². The second kappa shape index (κ2) is 6.83. The first-order chi connectivity index (χ1) is 10.4. The molecule has 0 aliphatic rings. The number of primary amides is 1. The standard InChI is InChI=1S/C15H20N4O2S/c1-9-5-10(2)7-12(6-9)21-11(3)14-17-18-15(19(14)4)22-8-13(16)20/h5-7,11H,8H2,1-4H3,(H2,16,20). The predicted octanol–water partition coefficient (Wildman–Crippen LogP) is 2.15. The summed E-state index contributed by atoms with van der Waals surface area (Å²) in [4.78, 5) is 10.8. The van der Waals surface area contributed by atoms with Gasteiger partial charge in [0.2, 0.25) is 5.91 Å². The summed E-state index contributed by atoms with van der Waals surface area (Å²) in [6.07, 6.45) is -0.248. The highest BCUT2D eigenvalue weighted by Gasteiger charge is 2.17. The number of nitrogens with two attached hydrogens (primary N) is 1. The predicted molar refractivity (Wildman–Crippen MR) is 85.9 cm³/mol. The zero-order valence-corrected chi connectivity index (χ0v) is 14.0. The number of benzene rings is 1. The number of thioether (sulfide) groups is 1. The maximum absolute atomic E-state index is 10.8. The molecule has 0 bridgehead atoms. The van der Waals surface area contributed by atoms with Crippen LogP contribution in [0, 0.1) is 13.8 Å². The Balaban J connectivity index is 2.12. The van der Waals surface area contributed by atoms with E-state index in [1.165, 1.54) is 11.8 Å². The fourth-order valence-electron chi connectivity index (χ4n) is 2.20. The number of hydrogen-bond donors (Lipinski definition) is 1. The molecule has 0 spiro atoms. The molecule has 1 aromatic heterocycles. The summed E-state index contributed by atoms with van der Waals surface area (Å²) in [5.41, 5.74) is 7.45. The average molecular weight is 320 g/mol. The average Bonchev–Trinajstić information content (AvgIpc) is 2.76. The molecule has 22 heavy (non-hydrogen) atoms. The molecule has 0 fully saturated rings. The summed E-state index contributed by atoms with van der Waals surface area (Å²) in [5, 5.41) is 8.87. The number of rotatable bonds is 6. The quantitative estimate of drug-likeness (QED) is 0.825. The van der Waals surface area contributed by atoms with Crippen LogP contribution in [0.3, 0.4) is 0 Å². The van der Waals surface area contributed by atoms with Crippen molar-refractivity contribution >= 4 is 17.7 Å². The third-order valence-corrected chi connectivity index (χ3v) is 4.13. The molecule has 1 atom stereocenters. The highest BCUT2D eigenvalue weighted by Crippen LogP contribution is 2.25. The van der Waals surface area contributed by atoms with E-state index in [-0.39, 0.29) is 17.8 Å². The summed E-state index contributed by atoms with van der Waals surface area (Å²) in [5.74, 6) is 1.30. The van der Waals surface area contributed by atoms with Gasteiger partial charge in [0, 0.05) is 7.05 Å². The smallest absolute Gasteiger partial charge is 0.227 e. The van der Waals surface area contributed by atoms with E-state index in [2.05, 4.69) is 16.3 Å². The SMILES string of the molecule is Cc1cc(C)cc(OC(C)c2nnc(SCC(N)=O)n2C)c1. The Kier molecular flexibility index (Phi) is 5.07. The maximum atomic E-state index is 10.8. The number of hydrogen-bond acceptors (Lipinski definition) is 5. The first-order valence-electron chi connectivity index (χ1n) is 6.92. The van der Waals surface area contributed by atoms with Crippen LogP contribution in [0.15, 0.2) is 23.4 Å². The van der Waals surface area contributed by atoms with Gasteiger partial charge in [-0.3, -0.25) is 4.79 Å². The van der Waals surface area contributed by atoms with Crippen molar-refractivity contribution in [3.8, 4) is 5.75 Å². The molecule has 0 saturated heterocycles. The molecule has 0 saturated carbocycles. The molecular formula is C15H20N4O2S. The normalized spacial score (nSPS) is 12.2. The third-order valence-electron chi connectivity index (χ3n) is 3.08. The molecule has 1 unspecified atom stereocenters. The monoisotopic (exact) mass is 320 g/mol. The van der Waals surface area contributed by atoms with E-state index in [1.54, 1.807) is 0 Å². The highest BCUT2D eigenvalue weighted by atomic mass is 32.2. The van der Waals surface area contributed by atoms with E-state index in [1.807, 2.05) is 44.5 Å². The van der Waals surface area contributed by atoms with Gasteiger partial charge in [-0.25, -0.2) is 0 Å². The lowest BCUT2D eigenvalue weighted by Gasteiger charge is -2.15. The number of aryl methyl sites for hydroxylation is 2. The van der Waals surface area contributed by atoms with Crippen LogP contribution in [0.5, 0.6) is 5.75 Å². The topological polar surface area (TPSA) is 83.0 Å². The lowest BCUT2D eigenvalue weighted by Crippen LogP contribution is -2.14. The summed E-state index contributed by atoms with van der Waals surface area (Å²) in [6.45, 7) is 5.99. The van der Waals surface area contributed by atoms with E-state index in [0.29, 0.717) is 11.0 Å². The van der Waals surface area contributed by atoms with Gasteiger partial charge in [0.1, 0.15) is 5.75 Å². The third kappa shape index (κ3) is 4.00. The second-order valence-electron chi connectivity index (χ2n) is 5.24. The molecule has 0 aliphatic carbocycles. The van der Waals surface area contributed by atoms with E-state index in [4.69, 9.17) is 10.5 Å². The van der Waals surface area contributed by atoms with Gasteiger partial charge in [-0.1, -0.05) is 17.8 Å². The molecule has 1 amide bonds. The van der Waals surface area contributed by atoms with Gasteiger partial charge in [-0.05, 0) is 44.0 Å². The number of carbonyl (C=O) groups excluding carboxylic acids is 1. The summed E-state index contributed by atoms with van der Waals surface area (Å²) in [7, 11) is 1.85. The van der Waals surface area contributed by atoms with Gasteiger partial charge in [-0.15, -0.1) is 10.2 Å². The first-order valence-corrected chi connectivity index (χ1v) is 7.90.